The minimum absolute atomic E-state index is 0.142. The molecule has 70 valence electrons. The molecule has 0 saturated carbocycles. The van der Waals surface area contributed by atoms with Gasteiger partial charge in [0, 0.05) is 12.6 Å². The molecule has 1 aromatic carbocycles. The van der Waals surface area contributed by atoms with Gasteiger partial charge in [-0.3, -0.25) is 0 Å². The molecule has 0 bridgehead atoms. The lowest BCUT2D eigenvalue weighted by molar-refractivity contribution is 0.628. The Kier molecular flexibility index (Phi) is 2.19. The Balaban J connectivity index is 2.20. The summed E-state index contributed by atoms with van der Waals surface area (Å²) in [6, 6.07) is 5.56. The van der Waals surface area contributed by atoms with E-state index < -0.39 is 0 Å². The molecule has 1 atom stereocenters. The molecule has 1 unspecified atom stereocenters. The quantitative estimate of drug-likeness (QED) is 0.718. The van der Waals surface area contributed by atoms with Crippen molar-refractivity contribution < 1.29 is 4.39 Å². The molecule has 0 aromatic heterocycles. The summed E-state index contributed by atoms with van der Waals surface area (Å²) in [7, 11) is 1.90. The van der Waals surface area contributed by atoms with Crippen LogP contribution in [0.4, 0.5) is 10.1 Å². The number of hydrogen-bond donors (Lipinski definition) is 2. The lowest BCUT2D eigenvalue weighted by Gasteiger charge is -2.09. The summed E-state index contributed by atoms with van der Waals surface area (Å²) in [6.45, 7) is 0.869. The predicted molar refractivity (Wildman–Crippen MR) is 51.4 cm³/mol. The van der Waals surface area contributed by atoms with Gasteiger partial charge in [0.05, 0.1) is 5.69 Å². The molecule has 1 aliphatic rings. The van der Waals surface area contributed by atoms with E-state index in [1.54, 1.807) is 6.07 Å². The van der Waals surface area contributed by atoms with E-state index in [0.717, 1.165) is 18.5 Å². The normalized spacial score (nSPS) is 19.7. The summed E-state index contributed by atoms with van der Waals surface area (Å²) in [5, 5.41) is 6.25. The minimum Gasteiger partial charge on any atom is -0.378 e. The van der Waals surface area contributed by atoms with Gasteiger partial charge >= 0.3 is 0 Å². The molecule has 0 amide bonds. The molecule has 0 radical (unpaired) electrons. The van der Waals surface area contributed by atoms with Crippen LogP contribution in [0.15, 0.2) is 18.2 Å². The van der Waals surface area contributed by atoms with E-state index in [1.807, 2.05) is 13.1 Å². The van der Waals surface area contributed by atoms with Crippen molar-refractivity contribution in [3.8, 4) is 0 Å². The van der Waals surface area contributed by atoms with Gasteiger partial charge in [-0.2, -0.15) is 0 Å². The first-order valence-electron chi connectivity index (χ1n) is 4.50. The Hall–Kier alpha value is -1.09. The third-order valence-electron chi connectivity index (χ3n) is 2.37. The van der Waals surface area contributed by atoms with Crippen LogP contribution in [0.2, 0.25) is 0 Å². The fourth-order valence-electron chi connectivity index (χ4n) is 1.79. The maximum Gasteiger partial charge on any atom is 0.146 e. The molecule has 0 fully saturated rings. The molecule has 1 heterocycles. The largest absolute Gasteiger partial charge is 0.378 e. The van der Waals surface area contributed by atoms with E-state index in [9.17, 15) is 4.39 Å². The summed E-state index contributed by atoms with van der Waals surface area (Å²) in [5.41, 5.74) is 1.77. The molecule has 2 N–H and O–H groups in total. The highest BCUT2D eigenvalue weighted by Gasteiger charge is 2.21. The number of fused-ring (bicyclic) bond motifs is 1. The Bertz CT molecular complexity index is 312. The fourth-order valence-corrected chi connectivity index (χ4v) is 1.79. The zero-order valence-corrected chi connectivity index (χ0v) is 7.60. The topological polar surface area (TPSA) is 24.1 Å². The van der Waals surface area contributed by atoms with Crippen LogP contribution in [0.5, 0.6) is 0 Å². The highest BCUT2D eigenvalue weighted by molar-refractivity contribution is 5.57. The van der Waals surface area contributed by atoms with Crippen molar-refractivity contribution in [3.05, 3.63) is 29.6 Å². The molecule has 1 aromatic rings. The second-order valence-electron chi connectivity index (χ2n) is 3.38. The van der Waals surface area contributed by atoms with Crippen LogP contribution in [0, 0.1) is 5.82 Å². The average Bonchev–Trinajstić information content (AvgIpc) is 2.49. The smallest absolute Gasteiger partial charge is 0.146 e. The molecular formula is C10H13FN2. The average molecular weight is 180 g/mol. The van der Waals surface area contributed by atoms with Gasteiger partial charge in [-0.15, -0.1) is 0 Å². The third-order valence-corrected chi connectivity index (χ3v) is 2.37. The van der Waals surface area contributed by atoms with Gasteiger partial charge in [0.25, 0.3) is 0 Å². The van der Waals surface area contributed by atoms with Crippen LogP contribution in [-0.4, -0.2) is 19.6 Å². The van der Waals surface area contributed by atoms with Crippen molar-refractivity contribution in [1.82, 2.24) is 5.32 Å². The lowest BCUT2D eigenvalue weighted by Crippen LogP contribution is -2.28. The van der Waals surface area contributed by atoms with Crippen LogP contribution in [-0.2, 0) is 6.42 Å². The summed E-state index contributed by atoms with van der Waals surface area (Å²) in [4.78, 5) is 0. The Morgan fingerprint density at radius 3 is 3.15 bits per heavy atom. The number of benzene rings is 1. The number of para-hydroxylation sites is 1. The third kappa shape index (κ3) is 1.52. The highest BCUT2D eigenvalue weighted by Crippen LogP contribution is 2.27. The number of halogens is 1. The maximum atomic E-state index is 13.2. The van der Waals surface area contributed by atoms with E-state index in [-0.39, 0.29) is 5.82 Å². The van der Waals surface area contributed by atoms with Crippen molar-refractivity contribution in [2.75, 3.05) is 18.9 Å². The number of nitrogens with one attached hydrogen (secondary N) is 2. The number of anilines is 1. The molecule has 2 nitrogen and oxygen atoms in total. The summed E-state index contributed by atoms with van der Waals surface area (Å²) < 4.78 is 13.2. The molecule has 3 heteroatoms. The second-order valence-corrected chi connectivity index (χ2v) is 3.38. The second kappa shape index (κ2) is 3.34. The Morgan fingerprint density at radius 1 is 1.62 bits per heavy atom. The molecule has 1 aliphatic heterocycles. The van der Waals surface area contributed by atoms with E-state index >= 15 is 0 Å². The minimum atomic E-state index is -0.142. The monoisotopic (exact) mass is 180 g/mol. The summed E-state index contributed by atoms with van der Waals surface area (Å²) in [6.07, 6.45) is 0.911. The van der Waals surface area contributed by atoms with Gasteiger partial charge in [0.2, 0.25) is 0 Å². The first kappa shape index (κ1) is 8.51. The van der Waals surface area contributed by atoms with E-state index in [2.05, 4.69) is 10.6 Å². The number of rotatable bonds is 2. The van der Waals surface area contributed by atoms with Crippen LogP contribution < -0.4 is 10.6 Å². The standard InChI is InChI=1S/C10H13FN2/c1-12-6-8-5-7-3-2-4-9(11)10(7)13-8/h2-4,8,12-13H,5-6H2,1H3. The summed E-state index contributed by atoms with van der Waals surface area (Å²) >= 11 is 0. The van der Waals surface area contributed by atoms with Gasteiger partial charge in [-0.1, -0.05) is 12.1 Å². The van der Waals surface area contributed by atoms with Crippen LogP contribution in [0.3, 0.4) is 0 Å². The van der Waals surface area contributed by atoms with Gasteiger partial charge < -0.3 is 10.6 Å². The molecular weight excluding hydrogens is 167 g/mol. The fraction of sp³-hybridized carbons (Fsp3) is 0.400. The van der Waals surface area contributed by atoms with Crippen LogP contribution in [0.1, 0.15) is 5.56 Å². The van der Waals surface area contributed by atoms with Crippen molar-refractivity contribution in [2.24, 2.45) is 0 Å². The van der Waals surface area contributed by atoms with Crippen LogP contribution in [0.25, 0.3) is 0 Å². The maximum absolute atomic E-state index is 13.2. The summed E-state index contributed by atoms with van der Waals surface area (Å²) in [5.74, 6) is -0.142. The SMILES string of the molecule is CNCC1Cc2cccc(F)c2N1. The van der Waals surface area contributed by atoms with Crippen molar-refractivity contribution in [2.45, 2.75) is 12.5 Å². The highest BCUT2D eigenvalue weighted by atomic mass is 19.1. The number of likely N-dealkylation sites (N-methyl/N-ethyl adjacent to an activating group) is 1. The molecule has 0 saturated heterocycles. The van der Waals surface area contributed by atoms with Gasteiger partial charge in [0.1, 0.15) is 5.82 Å². The zero-order valence-electron chi connectivity index (χ0n) is 7.60. The van der Waals surface area contributed by atoms with E-state index in [0.29, 0.717) is 11.7 Å². The zero-order chi connectivity index (χ0) is 9.26. The first-order chi connectivity index (χ1) is 6.31. The van der Waals surface area contributed by atoms with Gasteiger partial charge in [0.15, 0.2) is 0 Å². The van der Waals surface area contributed by atoms with E-state index in [4.69, 9.17) is 0 Å². The van der Waals surface area contributed by atoms with Gasteiger partial charge in [-0.25, -0.2) is 4.39 Å². The molecule has 2 rings (SSSR count). The van der Waals surface area contributed by atoms with Crippen LogP contribution >= 0.6 is 0 Å². The molecule has 0 aliphatic carbocycles. The first-order valence-corrected chi connectivity index (χ1v) is 4.50. The Morgan fingerprint density at radius 2 is 2.46 bits per heavy atom. The predicted octanol–water partition coefficient (Wildman–Crippen LogP) is 1.38. The Labute approximate surface area is 77.2 Å². The lowest BCUT2D eigenvalue weighted by atomic mass is 10.1. The van der Waals surface area contributed by atoms with Crippen molar-refractivity contribution >= 4 is 5.69 Å². The van der Waals surface area contributed by atoms with Gasteiger partial charge in [-0.05, 0) is 25.1 Å². The molecule has 0 spiro atoms. The van der Waals surface area contributed by atoms with E-state index in [1.165, 1.54) is 6.07 Å². The van der Waals surface area contributed by atoms with Crippen molar-refractivity contribution in [3.63, 3.8) is 0 Å². The van der Waals surface area contributed by atoms with Crippen molar-refractivity contribution in [1.29, 1.82) is 0 Å². The number of hydrogen-bond acceptors (Lipinski definition) is 2. The molecule has 13 heavy (non-hydrogen) atoms.